The van der Waals surface area contributed by atoms with Gasteiger partial charge in [-0.25, -0.2) is 0 Å². The van der Waals surface area contributed by atoms with Crippen molar-refractivity contribution in [2.75, 3.05) is 13.7 Å². The molecule has 1 aromatic carbocycles. The lowest BCUT2D eigenvalue weighted by atomic mass is 9.89. The maximum absolute atomic E-state index is 5.58. The first-order valence-electron chi connectivity index (χ1n) is 6.66. The third-order valence-electron chi connectivity index (χ3n) is 4.03. The highest BCUT2D eigenvalue weighted by molar-refractivity contribution is 5.32. The summed E-state index contributed by atoms with van der Waals surface area (Å²) in [4.78, 5) is 0. The van der Waals surface area contributed by atoms with Crippen LogP contribution in [0.3, 0.4) is 0 Å². The van der Waals surface area contributed by atoms with Gasteiger partial charge in [-0.1, -0.05) is 19.1 Å². The molecule has 2 nitrogen and oxygen atoms in total. The van der Waals surface area contributed by atoms with Gasteiger partial charge in [0, 0.05) is 6.04 Å². The quantitative estimate of drug-likeness (QED) is 0.862. The fourth-order valence-electron chi connectivity index (χ4n) is 3.04. The van der Waals surface area contributed by atoms with E-state index in [4.69, 9.17) is 4.74 Å². The molecular weight excluding hydrogens is 210 g/mol. The Hall–Kier alpha value is -1.02. The van der Waals surface area contributed by atoms with Gasteiger partial charge in [0.05, 0.1) is 6.61 Å². The largest absolute Gasteiger partial charge is 0.494 e. The second-order valence-corrected chi connectivity index (χ2v) is 4.94. The van der Waals surface area contributed by atoms with Crippen LogP contribution in [0, 0.1) is 5.92 Å². The lowest BCUT2D eigenvalue weighted by Crippen LogP contribution is -2.28. The van der Waals surface area contributed by atoms with Crippen LogP contribution < -0.4 is 10.1 Å². The maximum Gasteiger partial charge on any atom is 0.119 e. The molecule has 0 heterocycles. The highest BCUT2D eigenvalue weighted by atomic mass is 16.5. The summed E-state index contributed by atoms with van der Waals surface area (Å²) >= 11 is 0. The van der Waals surface area contributed by atoms with Gasteiger partial charge in [0.2, 0.25) is 0 Å². The van der Waals surface area contributed by atoms with Gasteiger partial charge >= 0.3 is 0 Å². The van der Waals surface area contributed by atoms with E-state index in [1.54, 1.807) is 0 Å². The molecule has 0 bridgehead atoms. The molecule has 0 amide bonds. The fourth-order valence-corrected chi connectivity index (χ4v) is 3.04. The Kier molecular flexibility index (Phi) is 4.06. The van der Waals surface area contributed by atoms with Crippen molar-refractivity contribution in [3.05, 3.63) is 29.8 Å². The molecule has 0 radical (unpaired) electrons. The minimum Gasteiger partial charge on any atom is -0.494 e. The number of nitrogens with one attached hydrogen (secondary N) is 1. The number of hydrogen-bond donors (Lipinski definition) is 1. The van der Waals surface area contributed by atoms with Gasteiger partial charge in [0.15, 0.2) is 0 Å². The minimum absolute atomic E-state index is 0.663. The Morgan fingerprint density at radius 2 is 2.18 bits per heavy atom. The van der Waals surface area contributed by atoms with Crippen LogP contribution in [0.15, 0.2) is 24.3 Å². The van der Waals surface area contributed by atoms with Gasteiger partial charge in [-0.3, -0.25) is 0 Å². The monoisotopic (exact) mass is 233 g/mol. The lowest BCUT2D eigenvalue weighted by Gasteiger charge is -2.21. The molecule has 1 fully saturated rings. The van der Waals surface area contributed by atoms with E-state index >= 15 is 0 Å². The molecule has 1 aromatic rings. The zero-order valence-corrected chi connectivity index (χ0v) is 11.1. The first-order valence-corrected chi connectivity index (χ1v) is 6.66. The van der Waals surface area contributed by atoms with Crippen LogP contribution in [0.2, 0.25) is 0 Å². The standard InChI is InChI=1S/C15H23NO/c1-4-17-13-7-5-6-12(10-13)14-8-9-15(16-3)11(14)2/h5-7,10-11,14-16H,4,8-9H2,1-3H3. The average molecular weight is 233 g/mol. The number of rotatable bonds is 4. The van der Waals surface area contributed by atoms with Gasteiger partial charge in [0.25, 0.3) is 0 Å². The van der Waals surface area contributed by atoms with Crippen molar-refractivity contribution in [1.29, 1.82) is 0 Å². The Morgan fingerprint density at radius 3 is 2.82 bits per heavy atom. The van der Waals surface area contributed by atoms with Gasteiger partial charge in [-0.15, -0.1) is 0 Å². The Balaban J connectivity index is 2.14. The van der Waals surface area contributed by atoms with E-state index < -0.39 is 0 Å². The summed E-state index contributed by atoms with van der Waals surface area (Å²) in [6.07, 6.45) is 2.56. The molecule has 2 rings (SSSR count). The molecule has 0 spiro atoms. The van der Waals surface area contributed by atoms with Crippen LogP contribution in [0.1, 0.15) is 38.2 Å². The average Bonchev–Trinajstić information content (AvgIpc) is 2.71. The highest BCUT2D eigenvalue weighted by Gasteiger charge is 2.32. The highest BCUT2D eigenvalue weighted by Crippen LogP contribution is 2.40. The first-order chi connectivity index (χ1) is 8.26. The summed E-state index contributed by atoms with van der Waals surface area (Å²) in [5.41, 5.74) is 1.43. The van der Waals surface area contributed by atoms with E-state index in [1.807, 2.05) is 13.0 Å². The number of benzene rings is 1. The molecule has 17 heavy (non-hydrogen) atoms. The third kappa shape index (κ3) is 2.63. The Morgan fingerprint density at radius 1 is 1.35 bits per heavy atom. The van der Waals surface area contributed by atoms with Crippen LogP contribution in [-0.4, -0.2) is 19.7 Å². The van der Waals surface area contributed by atoms with Crippen molar-refractivity contribution in [3.8, 4) is 5.75 Å². The summed E-state index contributed by atoms with van der Waals surface area (Å²) in [5.74, 6) is 2.38. The van der Waals surface area contributed by atoms with Crippen molar-refractivity contribution >= 4 is 0 Å². The topological polar surface area (TPSA) is 21.3 Å². The molecule has 94 valence electrons. The van der Waals surface area contributed by atoms with Crippen molar-refractivity contribution in [3.63, 3.8) is 0 Å². The van der Waals surface area contributed by atoms with Crippen molar-refractivity contribution < 1.29 is 4.74 Å². The van der Waals surface area contributed by atoms with Gasteiger partial charge in [-0.2, -0.15) is 0 Å². The van der Waals surface area contributed by atoms with E-state index in [0.717, 1.165) is 12.4 Å². The maximum atomic E-state index is 5.58. The molecule has 1 N–H and O–H groups in total. The SMILES string of the molecule is CCOc1cccc(C2CCC(NC)C2C)c1. The predicted molar refractivity (Wildman–Crippen MR) is 71.6 cm³/mol. The normalized spacial score (nSPS) is 28.3. The molecule has 0 aliphatic heterocycles. The number of ether oxygens (including phenoxy) is 1. The lowest BCUT2D eigenvalue weighted by molar-refractivity contribution is 0.339. The summed E-state index contributed by atoms with van der Waals surface area (Å²) in [5, 5.41) is 3.42. The van der Waals surface area contributed by atoms with Crippen LogP contribution >= 0.6 is 0 Å². The molecular formula is C15H23NO. The first kappa shape index (κ1) is 12.4. The van der Waals surface area contributed by atoms with Gasteiger partial charge in [-0.05, 0) is 56.3 Å². The van der Waals surface area contributed by atoms with Crippen LogP contribution in [-0.2, 0) is 0 Å². The summed E-state index contributed by atoms with van der Waals surface area (Å²) in [6.45, 7) is 5.12. The Labute approximate surface area is 104 Å². The van der Waals surface area contributed by atoms with Crippen LogP contribution in [0.5, 0.6) is 5.75 Å². The van der Waals surface area contributed by atoms with Gasteiger partial charge < -0.3 is 10.1 Å². The van der Waals surface area contributed by atoms with E-state index in [1.165, 1.54) is 18.4 Å². The van der Waals surface area contributed by atoms with E-state index in [-0.39, 0.29) is 0 Å². The van der Waals surface area contributed by atoms with E-state index in [2.05, 4.69) is 37.5 Å². The summed E-state index contributed by atoms with van der Waals surface area (Å²) in [7, 11) is 2.07. The second kappa shape index (κ2) is 5.54. The third-order valence-corrected chi connectivity index (χ3v) is 4.03. The fraction of sp³-hybridized carbons (Fsp3) is 0.600. The summed E-state index contributed by atoms with van der Waals surface area (Å²) in [6, 6.07) is 9.27. The van der Waals surface area contributed by atoms with E-state index in [0.29, 0.717) is 17.9 Å². The van der Waals surface area contributed by atoms with E-state index in [9.17, 15) is 0 Å². The van der Waals surface area contributed by atoms with Crippen molar-refractivity contribution in [1.82, 2.24) is 5.32 Å². The molecule has 3 unspecified atom stereocenters. The molecule has 2 heteroatoms. The predicted octanol–water partition coefficient (Wildman–Crippen LogP) is 3.19. The molecule has 0 aromatic heterocycles. The molecule has 1 saturated carbocycles. The zero-order chi connectivity index (χ0) is 12.3. The Bertz CT molecular complexity index is 364. The van der Waals surface area contributed by atoms with Crippen LogP contribution in [0.4, 0.5) is 0 Å². The molecule has 0 saturated heterocycles. The number of hydrogen-bond acceptors (Lipinski definition) is 2. The molecule has 3 atom stereocenters. The minimum atomic E-state index is 0.663. The summed E-state index contributed by atoms with van der Waals surface area (Å²) < 4.78 is 5.58. The van der Waals surface area contributed by atoms with Crippen molar-refractivity contribution in [2.45, 2.75) is 38.6 Å². The zero-order valence-electron chi connectivity index (χ0n) is 11.1. The molecule has 1 aliphatic rings. The smallest absolute Gasteiger partial charge is 0.119 e. The van der Waals surface area contributed by atoms with Crippen molar-refractivity contribution in [2.24, 2.45) is 5.92 Å². The molecule has 1 aliphatic carbocycles. The van der Waals surface area contributed by atoms with Crippen LogP contribution in [0.25, 0.3) is 0 Å². The second-order valence-electron chi connectivity index (χ2n) is 4.94. The van der Waals surface area contributed by atoms with Gasteiger partial charge in [0.1, 0.15) is 5.75 Å².